The Morgan fingerprint density at radius 3 is 3.09 bits per heavy atom. The third-order valence-corrected chi connectivity index (χ3v) is 3.88. The average molecular weight is 230 g/mol. The van der Waals surface area contributed by atoms with E-state index in [9.17, 15) is 0 Å². The summed E-state index contributed by atoms with van der Waals surface area (Å²) < 4.78 is 1.10. The minimum Gasteiger partial charge on any atom is -0.398 e. The van der Waals surface area contributed by atoms with Gasteiger partial charge < -0.3 is 5.73 Å². The highest BCUT2D eigenvalue weighted by Crippen LogP contribution is 2.38. The minimum atomic E-state index is 0.853. The largest absolute Gasteiger partial charge is 0.398 e. The van der Waals surface area contributed by atoms with Crippen molar-refractivity contribution in [1.29, 1.82) is 0 Å². The van der Waals surface area contributed by atoms with E-state index in [2.05, 4.69) is 22.0 Å². The Balaban J connectivity index is 2.62. The highest BCUT2D eigenvalue weighted by Gasteiger charge is 2.15. The molecule has 1 nitrogen and oxygen atoms in total. The number of anilines is 1. The van der Waals surface area contributed by atoms with E-state index in [0.29, 0.717) is 0 Å². The van der Waals surface area contributed by atoms with Crippen LogP contribution in [0.25, 0.3) is 0 Å². The van der Waals surface area contributed by atoms with Gasteiger partial charge in [0.05, 0.1) is 0 Å². The number of halogens is 1. The zero-order valence-electron chi connectivity index (χ0n) is 5.93. The predicted molar refractivity (Wildman–Crippen MR) is 53.0 cm³/mol. The SMILES string of the molecule is Nc1ccc2c(c1Br)CCS2. The molecule has 0 unspecified atom stereocenters. The lowest BCUT2D eigenvalue weighted by Gasteiger charge is -2.03. The Morgan fingerprint density at radius 1 is 1.45 bits per heavy atom. The topological polar surface area (TPSA) is 26.0 Å². The average Bonchev–Trinajstić information content (AvgIpc) is 2.45. The van der Waals surface area contributed by atoms with Gasteiger partial charge in [0.15, 0.2) is 0 Å². The van der Waals surface area contributed by atoms with E-state index in [1.165, 1.54) is 16.2 Å². The van der Waals surface area contributed by atoms with Gasteiger partial charge in [0.1, 0.15) is 0 Å². The minimum absolute atomic E-state index is 0.853. The zero-order valence-corrected chi connectivity index (χ0v) is 8.33. The van der Waals surface area contributed by atoms with Crippen LogP contribution in [0.5, 0.6) is 0 Å². The van der Waals surface area contributed by atoms with Gasteiger partial charge in [-0.3, -0.25) is 0 Å². The van der Waals surface area contributed by atoms with Crippen LogP contribution in [0, 0.1) is 0 Å². The van der Waals surface area contributed by atoms with Crippen LogP contribution in [-0.2, 0) is 6.42 Å². The molecule has 3 heteroatoms. The van der Waals surface area contributed by atoms with Crippen molar-refractivity contribution < 1.29 is 0 Å². The number of rotatable bonds is 0. The Morgan fingerprint density at radius 2 is 2.27 bits per heavy atom. The van der Waals surface area contributed by atoms with Gasteiger partial charge in [-0.1, -0.05) is 0 Å². The molecule has 0 radical (unpaired) electrons. The highest BCUT2D eigenvalue weighted by molar-refractivity contribution is 9.10. The van der Waals surface area contributed by atoms with Crippen molar-refractivity contribution in [1.82, 2.24) is 0 Å². The van der Waals surface area contributed by atoms with Gasteiger partial charge in [0.2, 0.25) is 0 Å². The van der Waals surface area contributed by atoms with Crippen molar-refractivity contribution >= 4 is 33.4 Å². The van der Waals surface area contributed by atoms with Gasteiger partial charge in [-0.15, -0.1) is 11.8 Å². The fraction of sp³-hybridized carbons (Fsp3) is 0.250. The second-order valence-electron chi connectivity index (χ2n) is 2.54. The molecule has 0 saturated heterocycles. The summed E-state index contributed by atoms with van der Waals surface area (Å²) in [5.41, 5.74) is 7.97. The van der Waals surface area contributed by atoms with Crippen LogP contribution < -0.4 is 5.73 Å². The van der Waals surface area contributed by atoms with Crippen molar-refractivity contribution in [3.05, 3.63) is 22.2 Å². The lowest BCUT2D eigenvalue weighted by atomic mass is 10.1. The Labute approximate surface area is 78.5 Å². The van der Waals surface area contributed by atoms with Crippen molar-refractivity contribution in [3.8, 4) is 0 Å². The molecular weight excluding hydrogens is 222 g/mol. The molecule has 58 valence electrons. The summed E-state index contributed by atoms with van der Waals surface area (Å²) in [4.78, 5) is 1.38. The summed E-state index contributed by atoms with van der Waals surface area (Å²) in [6.07, 6.45) is 1.14. The molecule has 0 fully saturated rings. The van der Waals surface area contributed by atoms with Crippen molar-refractivity contribution in [2.24, 2.45) is 0 Å². The van der Waals surface area contributed by atoms with Crippen LogP contribution >= 0.6 is 27.7 Å². The molecule has 2 N–H and O–H groups in total. The lowest BCUT2D eigenvalue weighted by molar-refractivity contribution is 1.13. The standard InChI is InChI=1S/C8H8BrNS/c9-8-5-3-4-11-7(5)2-1-6(8)10/h1-2H,3-4,10H2. The first kappa shape index (κ1) is 7.50. The van der Waals surface area contributed by atoms with E-state index in [4.69, 9.17) is 5.73 Å². The summed E-state index contributed by atoms with van der Waals surface area (Å²) in [6, 6.07) is 4.06. The molecule has 1 heterocycles. The third kappa shape index (κ3) is 1.16. The Kier molecular flexibility index (Phi) is 1.85. The number of hydrogen-bond acceptors (Lipinski definition) is 2. The highest BCUT2D eigenvalue weighted by atomic mass is 79.9. The predicted octanol–water partition coefficient (Wildman–Crippen LogP) is 2.68. The first-order valence-corrected chi connectivity index (χ1v) is 5.26. The molecule has 0 amide bonds. The summed E-state index contributed by atoms with van der Waals surface area (Å²) in [5.74, 6) is 1.19. The Bertz CT molecular complexity index is 298. The van der Waals surface area contributed by atoms with Crippen LogP contribution in [0.3, 0.4) is 0 Å². The summed E-state index contributed by atoms with van der Waals surface area (Å²) in [5, 5.41) is 0. The van der Waals surface area contributed by atoms with Gasteiger partial charge in [0.25, 0.3) is 0 Å². The zero-order chi connectivity index (χ0) is 7.84. The number of nitrogen functional groups attached to an aromatic ring is 1. The summed E-state index contributed by atoms with van der Waals surface area (Å²) in [6.45, 7) is 0. The van der Waals surface area contributed by atoms with Gasteiger partial charge >= 0.3 is 0 Å². The fourth-order valence-electron chi connectivity index (χ4n) is 1.25. The molecule has 0 atom stereocenters. The van der Waals surface area contributed by atoms with Crippen LogP contribution in [0.1, 0.15) is 5.56 Å². The van der Waals surface area contributed by atoms with E-state index < -0.39 is 0 Å². The quantitative estimate of drug-likeness (QED) is 0.693. The van der Waals surface area contributed by atoms with Gasteiger partial charge in [-0.25, -0.2) is 0 Å². The molecule has 0 bridgehead atoms. The van der Waals surface area contributed by atoms with E-state index in [1.54, 1.807) is 0 Å². The normalized spacial score (nSPS) is 15.0. The number of benzene rings is 1. The smallest absolute Gasteiger partial charge is 0.0462 e. The van der Waals surface area contributed by atoms with Crippen molar-refractivity contribution in [3.63, 3.8) is 0 Å². The van der Waals surface area contributed by atoms with Gasteiger partial charge in [0, 0.05) is 20.8 Å². The number of hydrogen-bond donors (Lipinski definition) is 1. The second kappa shape index (κ2) is 2.72. The molecule has 11 heavy (non-hydrogen) atoms. The maximum absolute atomic E-state index is 5.74. The molecule has 1 aliphatic rings. The number of thioether (sulfide) groups is 1. The fourth-order valence-corrected chi connectivity index (χ4v) is 3.00. The lowest BCUT2D eigenvalue weighted by Crippen LogP contribution is -1.90. The van der Waals surface area contributed by atoms with E-state index in [1.807, 2.05) is 17.8 Å². The number of fused-ring (bicyclic) bond motifs is 1. The van der Waals surface area contributed by atoms with Crippen LogP contribution in [0.15, 0.2) is 21.5 Å². The van der Waals surface area contributed by atoms with Gasteiger partial charge in [-0.2, -0.15) is 0 Å². The van der Waals surface area contributed by atoms with E-state index in [0.717, 1.165) is 16.6 Å². The molecule has 0 aliphatic carbocycles. The van der Waals surface area contributed by atoms with Crippen LogP contribution in [-0.4, -0.2) is 5.75 Å². The van der Waals surface area contributed by atoms with E-state index >= 15 is 0 Å². The Hall–Kier alpha value is -0.150. The van der Waals surface area contributed by atoms with Gasteiger partial charge in [-0.05, 0) is 40.0 Å². The molecule has 0 aromatic heterocycles. The molecule has 1 aliphatic heterocycles. The summed E-state index contributed by atoms with van der Waals surface area (Å²) >= 11 is 5.40. The van der Waals surface area contributed by atoms with Crippen molar-refractivity contribution in [2.45, 2.75) is 11.3 Å². The number of nitrogens with two attached hydrogens (primary N) is 1. The monoisotopic (exact) mass is 229 g/mol. The third-order valence-electron chi connectivity index (χ3n) is 1.84. The maximum Gasteiger partial charge on any atom is 0.0462 e. The second-order valence-corrected chi connectivity index (χ2v) is 4.47. The van der Waals surface area contributed by atoms with Crippen LogP contribution in [0.4, 0.5) is 5.69 Å². The molecule has 1 aromatic carbocycles. The molecule has 0 saturated carbocycles. The van der Waals surface area contributed by atoms with Crippen LogP contribution in [0.2, 0.25) is 0 Å². The molecule has 1 aromatic rings. The first-order chi connectivity index (χ1) is 5.29. The maximum atomic E-state index is 5.74. The molecule has 2 rings (SSSR count). The first-order valence-electron chi connectivity index (χ1n) is 3.48. The molecule has 0 spiro atoms. The summed E-state index contributed by atoms with van der Waals surface area (Å²) in [7, 11) is 0. The molecular formula is C8H8BrNS. The van der Waals surface area contributed by atoms with E-state index in [-0.39, 0.29) is 0 Å². The van der Waals surface area contributed by atoms with Crippen molar-refractivity contribution in [2.75, 3.05) is 11.5 Å².